The Bertz CT molecular complexity index is 724. The van der Waals surface area contributed by atoms with Gasteiger partial charge in [0.25, 0.3) is 0 Å². The summed E-state index contributed by atoms with van der Waals surface area (Å²) in [6.07, 6.45) is 5.28. The molecule has 2 aromatic heterocycles. The molecule has 2 fully saturated rings. The molecular formula is C16H21N5O2S. The van der Waals surface area contributed by atoms with E-state index in [1.807, 2.05) is 4.90 Å². The molecule has 2 aromatic rings. The Morgan fingerprint density at radius 2 is 2.29 bits per heavy atom. The molecule has 8 heteroatoms. The lowest BCUT2D eigenvalue weighted by molar-refractivity contribution is 0.176. The number of aryl methyl sites for hydroxylation is 1. The molecule has 3 heterocycles. The Hall–Kier alpha value is -1.96. The molecular weight excluding hydrogens is 326 g/mol. The summed E-state index contributed by atoms with van der Waals surface area (Å²) in [5.74, 6) is 2.31. The van der Waals surface area contributed by atoms with Crippen molar-refractivity contribution in [1.29, 1.82) is 0 Å². The van der Waals surface area contributed by atoms with E-state index in [4.69, 9.17) is 4.52 Å². The Kier molecular flexibility index (Phi) is 4.22. The van der Waals surface area contributed by atoms with Gasteiger partial charge in [0.15, 0.2) is 11.0 Å². The van der Waals surface area contributed by atoms with Crippen molar-refractivity contribution in [2.45, 2.75) is 44.9 Å². The third kappa shape index (κ3) is 3.58. The zero-order chi connectivity index (χ0) is 16.5. The highest BCUT2D eigenvalue weighted by Crippen LogP contribution is 2.40. The lowest BCUT2D eigenvalue weighted by Crippen LogP contribution is -2.42. The van der Waals surface area contributed by atoms with Gasteiger partial charge in [0.2, 0.25) is 5.89 Å². The van der Waals surface area contributed by atoms with Gasteiger partial charge in [0, 0.05) is 37.7 Å². The summed E-state index contributed by atoms with van der Waals surface area (Å²) >= 11 is 1.51. The van der Waals surface area contributed by atoms with Crippen LogP contribution in [0.4, 0.5) is 9.93 Å². The number of nitrogens with zero attached hydrogens (tertiary/aromatic N) is 4. The summed E-state index contributed by atoms with van der Waals surface area (Å²) in [5.41, 5.74) is 1.12. The van der Waals surface area contributed by atoms with Crippen LogP contribution in [-0.2, 0) is 6.42 Å². The fraction of sp³-hybridized carbons (Fsp3) is 0.625. The number of carbonyl (C=O) groups is 1. The standard InChI is InChI=1S/C16H21N5O2S/c1-10-17-14(20-23-10)7-11-3-2-6-21(8-11)16(22)19-15-18-13(9-24-15)12-4-5-12/h9,11-12H,2-8H2,1H3,(H,18,19,22). The number of nitrogens with one attached hydrogen (secondary N) is 1. The second kappa shape index (κ2) is 6.51. The molecule has 0 spiro atoms. The van der Waals surface area contributed by atoms with Gasteiger partial charge in [-0.3, -0.25) is 5.32 Å². The van der Waals surface area contributed by atoms with E-state index in [2.05, 4.69) is 25.8 Å². The van der Waals surface area contributed by atoms with Crippen LogP contribution in [0.2, 0.25) is 0 Å². The number of likely N-dealkylation sites (tertiary alicyclic amines) is 1. The summed E-state index contributed by atoms with van der Waals surface area (Å²) < 4.78 is 5.03. The van der Waals surface area contributed by atoms with Crippen molar-refractivity contribution < 1.29 is 9.32 Å². The summed E-state index contributed by atoms with van der Waals surface area (Å²) in [6.45, 7) is 3.30. The lowest BCUT2D eigenvalue weighted by atomic mass is 9.95. The quantitative estimate of drug-likeness (QED) is 0.918. The molecule has 1 aliphatic heterocycles. The predicted octanol–water partition coefficient (Wildman–Crippen LogP) is 3.20. The summed E-state index contributed by atoms with van der Waals surface area (Å²) in [4.78, 5) is 23.2. The first-order chi connectivity index (χ1) is 11.7. The van der Waals surface area contributed by atoms with Gasteiger partial charge >= 0.3 is 6.03 Å². The Morgan fingerprint density at radius 1 is 1.42 bits per heavy atom. The van der Waals surface area contributed by atoms with Gasteiger partial charge in [-0.05, 0) is 31.6 Å². The van der Waals surface area contributed by atoms with Gasteiger partial charge in [0.1, 0.15) is 0 Å². The van der Waals surface area contributed by atoms with Crippen LogP contribution in [0.5, 0.6) is 0 Å². The zero-order valence-corrected chi connectivity index (χ0v) is 14.5. The van der Waals surface area contributed by atoms with Crippen molar-refractivity contribution in [3.05, 3.63) is 22.8 Å². The third-order valence-electron chi connectivity index (χ3n) is 4.58. The number of aromatic nitrogens is 3. The molecule has 24 heavy (non-hydrogen) atoms. The van der Waals surface area contributed by atoms with Gasteiger partial charge in [-0.1, -0.05) is 5.16 Å². The number of piperidine rings is 1. The first-order valence-corrected chi connectivity index (χ1v) is 9.36. The van der Waals surface area contributed by atoms with Crippen LogP contribution in [0.1, 0.15) is 49.0 Å². The largest absolute Gasteiger partial charge is 0.340 e. The van der Waals surface area contributed by atoms with E-state index >= 15 is 0 Å². The molecule has 1 N–H and O–H groups in total. The van der Waals surface area contributed by atoms with Crippen molar-refractivity contribution >= 4 is 22.5 Å². The van der Waals surface area contributed by atoms with Crippen molar-refractivity contribution in [1.82, 2.24) is 20.0 Å². The maximum atomic E-state index is 12.5. The highest BCUT2D eigenvalue weighted by Gasteiger charge is 2.28. The maximum absolute atomic E-state index is 12.5. The number of amides is 2. The maximum Gasteiger partial charge on any atom is 0.323 e. The van der Waals surface area contributed by atoms with Crippen LogP contribution in [0.25, 0.3) is 0 Å². The Balaban J connectivity index is 1.33. The summed E-state index contributed by atoms with van der Waals surface area (Å²) in [6, 6.07) is -0.0549. The topological polar surface area (TPSA) is 84.2 Å². The van der Waals surface area contributed by atoms with Crippen molar-refractivity contribution in [2.75, 3.05) is 18.4 Å². The second-order valence-corrected chi connectivity index (χ2v) is 7.53. The van der Waals surface area contributed by atoms with Crippen molar-refractivity contribution in [2.24, 2.45) is 5.92 Å². The van der Waals surface area contributed by atoms with Crippen LogP contribution < -0.4 is 5.32 Å². The fourth-order valence-electron chi connectivity index (χ4n) is 3.18. The first-order valence-electron chi connectivity index (χ1n) is 8.48. The van der Waals surface area contributed by atoms with E-state index in [1.165, 1.54) is 24.2 Å². The van der Waals surface area contributed by atoms with E-state index in [9.17, 15) is 4.79 Å². The van der Waals surface area contributed by atoms with Gasteiger partial charge in [0.05, 0.1) is 5.69 Å². The van der Waals surface area contributed by atoms with Crippen molar-refractivity contribution in [3.63, 3.8) is 0 Å². The van der Waals surface area contributed by atoms with E-state index < -0.39 is 0 Å². The van der Waals surface area contributed by atoms with E-state index in [-0.39, 0.29) is 6.03 Å². The number of rotatable bonds is 4. The molecule has 2 amide bonds. The number of hydrogen-bond donors (Lipinski definition) is 1. The molecule has 1 atom stereocenters. The van der Waals surface area contributed by atoms with Crippen LogP contribution >= 0.6 is 11.3 Å². The van der Waals surface area contributed by atoms with Crippen LogP contribution in [0.15, 0.2) is 9.90 Å². The van der Waals surface area contributed by atoms with E-state index in [0.717, 1.165) is 43.9 Å². The molecule has 1 saturated carbocycles. The molecule has 7 nitrogen and oxygen atoms in total. The Labute approximate surface area is 144 Å². The molecule has 2 aliphatic rings. The zero-order valence-electron chi connectivity index (χ0n) is 13.7. The van der Waals surface area contributed by atoms with Crippen LogP contribution in [-0.4, -0.2) is 39.1 Å². The molecule has 1 saturated heterocycles. The highest BCUT2D eigenvalue weighted by molar-refractivity contribution is 7.13. The molecule has 0 radical (unpaired) electrons. The fourth-order valence-corrected chi connectivity index (χ4v) is 3.96. The monoisotopic (exact) mass is 347 g/mol. The number of urea groups is 1. The molecule has 128 valence electrons. The molecule has 1 aliphatic carbocycles. The van der Waals surface area contributed by atoms with Gasteiger partial charge in [-0.25, -0.2) is 9.78 Å². The van der Waals surface area contributed by atoms with Gasteiger partial charge in [-0.15, -0.1) is 11.3 Å². The minimum atomic E-state index is -0.0549. The summed E-state index contributed by atoms with van der Waals surface area (Å²) in [5, 5.41) is 9.67. The number of hydrogen-bond acceptors (Lipinski definition) is 6. The SMILES string of the molecule is Cc1nc(CC2CCCN(C(=O)Nc3nc(C4CC4)cs3)C2)no1. The van der Waals surface area contributed by atoms with Crippen molar-refractivity contribution in [3.8, 4) is 0 Å². The molecule has 4 rings (SSSR count). The lowest BCUT2D eigenvalue weighted by Gasteiger charge is -2.32. The highest BCUT2D eigenvalue weighted by atomic mass is 32.1. The normalized spacial score (nSPS) is 21.0. The third-order valence-corrected chi connectivity index (χ3v) is 5.35. The van der Waals surface area contributed by atoms with Gasteiger partial charge in [-0.2, -0.15) is 4.98 Å². The minimum absolute atomic E-state index is 0.0549. The minimum Gasteiger partial charge on any atom is -0.340 e. The van der Waals surface area contributed by atoms with E-state index in [1.54, 1.807) is 6.92 Å². The molecule has 0 aromatic carbocycles. The van der Waals surface area contributed by atoms with E-state index in [0.29, 0.717) is 22.9 Å². The Morgan fingerprint density at radius 3 is 3.04 bits per heavy atom. The smallest absolute Gasteiger partial charge is 0.323 e. The predicted molar refractivity (Wildman–Crippen MR) is 90.1 cm³/mol. The number of anilines is 1. The molecule has 0 bridgehead atoms. The first kappa shape index (κ1) is 15.6. The second-order valence-electron chi connectivity index (χ2n) is 6.67. The van der Waals surface area contributed by atoms with Crippen LogP contribution in [0.3, 0.4) is 0 Å². The van der Waals surface area contributed by atoms with Gasteiger partial charge < -0.3 is 9.42 Å². The summed E-state index contributed by atoms with van der Waals surface area (Å²) in [7, 11) is 0. The average molecular weight is 347 g/mol. The average Bonchev–Trinajstić information content (AvgIpc) is 3.19. The number of thiazole rings is 1. The molecule has 1 unspecified atom stereocenters. The number of carbonyl (C=O) groups excluding carboxylic acids is 1. The van der Waals surface area contributed by atoms with Crippen LogP contribution in [0, 0.1) is 12.8 Å².